The van der Waals surface area contributed by atoms with E-state index in [1.54, 1.807) is 12.1 Å². The summed E-state index contributed by atoms with van der Waals surface area (Å²) in [5.74, 6) is 0.653. The Morgan fingerprint density at radius 1 is 1.28 bits per heavy atom. The maximum Gasteiger partial charge on any atom is 0.270 e. The van der Waals surface area contributed by atoms with Crippen molar-refractivity contribution >= 4 is 33.6 Å². The van der Waals surface area contributed by atoms with E-state index in [2.05, 4.69) is 47.4 Å². The van der Waals surface area contributed by atoms with Crippen LogP contribution in [0.25, 0.3) is 0 Å². The molecule has 10 heteroatoms. The highest BCUT2D eigenvalue weighted by Gasteiger charge is 2.25. The van der Waals surface area contributed by atoms with Crippen molar-refractivity contribution in [1.82, 2.24) is 21.2 Å². The fourth-order valence-corrected chi connectivity index (χ4v) is 3.17. The van der Waals surface area contributed by atoms with Gasteiger partial charge in [-0.3, -0.25) is 15.6 Å². The fourth-order valence-electron chi connectivity index (χ4n) is 2.83. The largest absolute Gasteiger partial charge is 0.364 e. The summed E-state index contributed by atoms with van der Waals surface area (Å²) in [4.78, 5) is 20.4. The Bertz CT molecular complexity index is 719. The van der Waals surface area contributed by atoms with Gasteiger partial charge in [-0.05, 0) is 40.9 Å². The summed E-state index contributed by atoms with van der Waals surface area (Å²) in [6, 6.07) is 5.58. The number of rotatable bonds is 4. The minimum atomic E-state index is -0.637. The zero-order valence-corrected chi connectivity index (χ0v) is 15.1. The quantitative estimate of drug-likeness (QED) is 0.391. The molecule has 1 amide bonds. The molecule has 0 radical (unpaired) electrons. The predicted molar refractivity (Wildman–Crippen MR) is 98.9 cm³/mol. The molecule has 0 bridgehead atoms. The molecule has 9 nitrogen and oxygen atoms in total. The molecule has 2 atom stereocenters. The number of carbonyl (C=O) groups excluding carboxylic acids is 1. The summed E-state index contributed by atoms with van der Waals surface area (Å²) in [5, 5.41) is 6.30. The van der Waals surface area contributed by atoms with E-state index in [4.69, 9.17) is 11.5 Å². The van der Waals surface area contributed by atoms with Gasteiger partial charge in [0, 0.05) is 12.1 Å². The molecule has 2 aliphatic rings. The highest BCUT2D eigenvalue weighted by atomic mass is 79.9. The third-order valence-corrected chi connectivity index (χ3v) is 4.56. The molecular weight excluding hydrogens is 388 g/mol. The number of primary amides is 1. The number of aromatic nitrogens is 1. The van der Waals surface area contributed by atoms with E-state index in [1.165, 1.54) is 0 Å². The second-order valence-electron chi connectivity index (χ2n) is 5.97. The molecule has 1 saturated carbocycles. The number of carbonyl (C=O) groups is 1. The van der Waals surface area contributed by atoms with Gasteiger partial charge in [-0.1, -0.05) is 18.9 Å². The Morgan fingerprint density at radius 3 is 2.80 bits per heavy atom. The molecule has 8 N–H and O–H groups in total. The van der Waals surface area contributed by atoms with E-state index < -0.39 is 5.91 Å². The van der Waals surface area contributed by atoms with E-state index in [1.807, 2.05) is 6.07 Å². The van der Waals surface area contributed by atoms with Crippen LogP contribution >= 0.6 is 15.9 Å². The molecule has 1 aromatic heterocycles. The van der Waals surface area contributed by atoms with Crippen LogP contribution in [0.4, 0.5) is 5.82 Å². The zero-order chi connectivity index (χ0) is 17.8. The van der Waals surface area contributed by atoms with Crippen LogP contribution in [-0.2, 0) is 4.79 Å². The molecule has 134 valence electrons. The fraction of sp³-hybridized carbons (Fsp3) is 0.400. The molecule has 1 aromatic rings. The average molecular weight is 409 g/mol. The molecule has 0 spiro atoms. The van der Waals surface area contributed by atoms with Gasteiger partial charge in [0.15, 0.2) is 11.5 Å². The molecule has 3 rings (SSSR count). The summed E-state index contributed by atoms with van der Waals surface area (Å²) in [6.45, 7) is 0. The topological polar surface area (TPSA) is 142 Å². The van der Waals surface area contributed by atoms with Gasteiger partial charge in [-0.15, -0.1) is 0 Å². The minimum absolute atomic E-state index is 0.0721. The first kappa shape index (κ1) is 17.5. The normalized spacial score (nSPS) is 23.2. The number of hydrogen-bond acceptors (Lipinski definition) is 8. The maximum atomic E-state index is 11.7. The molecule has 0 saturated heterocycles. The van der Waals surface area contributed by atoms with Gasteiger partial charge in [-0.25, -0.2) is 4.98 Å². The molecular formula is C15H21BrN8O. The van der Waals surface area contributed by atoms with E-state index in [0.717, 1.165) is 25.7 Å². The van der Waals surface area contributed by atoms with Crippen molar-refractivity contribution in [3.05, 3.63) is 34.3 Å². The smallest absolute Gasteiger partial charge is 0.270 e. The standard InChI is InChI=1S/C15H21BrN8O/c16-10-6-3-7-11(20-10)21-14-12(13(18)25)23-24-15(22-14)19-9-5-2-1-4-8(9)17/h3,6-9,23H,1-2,4-5,17H2,(H2,18,25)(H,20,21)(H2,19,22,24)/t8-,9+/m0/s1. The number of guanidine groups is 1. The summed E-state index contributed by atoms with van der Waals surface area (Å²) in [5.41, 5.74) is 17.3. The maximum absolute atomic E-state index is 11.7. The Balaban J connectivity index is 1.80. The lowest BCUT2D eigenvalue weighted by Gasteiger charge is -2.32. The predicted octanol–water partition coefficient (Wildman–Crippen LogP) is 0.234. The van der Waals surface area contributed by atoms with Gasteiger partial charge < -0.3 is 22.1 Å². The van der Waals surface area contributed by atoms with Crippen molar-refractivity contribution in [1.29, 1.82) is 0 Å². The summed E-state index contributed by atoms with van der Waals surface area (Å²) >= 11 is 3.31. The highest BCUT2D eigenvalue weighted by molar-refractivity contribution is 9.10. The van der Waals surface area contributed by atoms with Crippen LogP contribution in [0.2, 0.25) is 0 Å². The first-order valence-corrected chi connectivity index (χ1v) is 8.89. The molecule has 25 heavy (non-hydrogen) atoms. The number of hydrazine groups is 1. The lowest BCUT2D eigenvalue weighted by molar-refractivity contribution is -0.115. The zero-order valence-electron chi connectivity index (χ0n) is 13.6. The number of nitrogens with one attached hydrogen (secondary N) is 4. The van der Waals surface area contributed by atoms with Crippen molar-refractivity contribution in [2.24, 2.45) is 16.5 Å². The Morgan fingerprint density at radius 2 is 2.08 bits per heavy atom. The van der Waals surface area contributed by atoms with E-state index >= 15 is 0 Å². The van der Waals surface area contributed by atoms with Crippen molar-refractivity contribution in [3.63, 3.8) is 0 Å². The molecule has 1 aliphatic carbocycles. The third kappa shape index (κ3) is 4.40. The molecule has 1 fully saturated rings. The van der Waals surface area contributed by atoms with Crippen molar-refractivity contribution in [3.8, 4) is 0 Å². The average Bonchev–Trinajstić information content (AvgIpc) is 2.57. The molecule has 0 unspecified atom stereocenters. The number of aliphatic imine (C=N–C) groups is 1. The van der Waals surface area contributed by atoms with Crippen LogP contribution in [0.5, 0.6) is 0 Å². The SMILES string of the molecule is NC(=O)C1=C(Nc2cccc(Br)n2)N=C(N[C@@H]2CCCC[C@@H]2N)NN1. The van der Waals surface area contributed by atoms with Crippen molar-refractivity contribution in [2.45, 2.75) is 37.8 Å². The Kier molecular flexibility index (Phi) is 5.39. The highest BCUT2D eigenvalue weighted by Crippen LogP contribution is 2.18. The van der Waals surface area contributed by atoms with Gasteiger partial charge in [0.05, 0.1) is 0 Å². The molecule has 1 aliphatic heterocycles. The third-order valence-electron chi connectivity index (χ3n) is 4.12. The van der Waals surface area contributed by atoms with Gasteiger partial charge in [-0.2, -0.15) is 4.99 Å². The van der Waals surface area contributed by atoms with Gasteiger partial charge >= 0.3 is 0 Å². The van der Waals surface area contributed by atoms with Crippen LogP contribution in [0.3, 0.4) is 0 Å². The number of halogens is 1. The monoisotopic (exact) mass is 408 g/mol. The van der Waals surface area contributed by atoms with Crippen LogP contribution in [0.1, 0.15) is 25.7 Å². The number of nitrogens with zero attached hydrogens (tertiary/aromatic N) is 2. The minimum Gasteiger partial charge on any atom is -0.364 e. The summed E-state index contributed by atoms with van der Waals surface area (Å²) in [7, 11) is 0. The number of amides is 1. The Labute approximate surface area is 153 Å². The second kappa shape index (κ2) is 7.70. The van der Waals surface area contributed by atoms with Crippen LogP contribution in [0.15, 0.2) is 39.3 Å². The summed E-state index contributed by atoms with van der Waals surface area (Å²) < 4.78 is 0.663. The number of pyridine rings is 1. The first-order valence-electron chi connectivity index (χ1n) is 8.09. The van der Waals surface area contributed by atoms with Crippen LogP contribution in [-0.4, -0.2) is 28.9 Å². The Hall–Kier alpha value is -2.33. The van der Waals surface area contributed by atoms with Gasteiger partial charge in [0.1, 0.15) is 10.4 Å². The number of nitrogens with two attached hydrogens (primary N) is 2. The number of hydrogen-bond donors (Lipinski definition) is 6. The van der Waals surface area contributed by atoms with Crippen molar-refractivity contribution < 1.29 is 4.79 Å². The van der Waals surface area contributed by atoms with Gasteiger partial charge in [0.25, 0.3) is 5.91 Å². The molecule has 2 heterocycles. The van der Waals surface area contributed by atoms with E-state index in [-0.39, 0.29) is 23.6 Å². The van der Waals surface area contributed by atoms with Crippen molar-refractivity contribution in [2.75, 3.05) is 5.32 Å². The van der Waals surface area contributed by atoms with Crippen LogP contribution in [0, 0.1) is 0 Å². The first-order chi connectivity index (χ1) is 12.0. The van der Waals surface area contributed by atoms with E-state index in [9.17, 15) is 4.79 Å². The van der Waals surface area contributed by atoms with Crippen LogP contribution < -0.4 is 33.0 Å². The summed E-state index contributed by atoms with van der Waals surface area (Å²) in [6.07, 6.45) is 4.23. The molecule has 0 aromatic carbocycles. The van der Waals surface area contributed by atoms with Gasteiger partial charge in [0.2, 0.25) is 5.96 Å². The second-order valence-corrected chi connectivity index (χ2v) is 6.78. The lowest BCUT2D eigenvalue weighted by Crippen LogP contribution is -2.57. The lowest BCUT2D eigenvalue weighted by atomic mass is 9.91. The van der Waals surface area contributed by atoms with E-state index in [0.29, 0.717) is 16.4 Å². The number of anilines is 1.